The highest BCUT2D eigenvalue weighted by Gasteiger charge is 2.40. The van der Waals surface area contributed by atoms with Gasteiger partial charge in [-0.1, -0.05) is 0 Å². The Bertz CT molecular complexity index is 412. The molecule has 25 heavy (non-hydrogen) atoms. The SMILES string of the molecule is CC(C)(C)OC(=O)N1CCC2(CC1)CCN(C(CCO)CCO)CC2. The lowest BCUT2D eigenvalue weighted by atomic mass is 9.71. The Kier molecular flexibility index (Phi) is 7.11. The van der Waals surface area contributed by atoms with E-state index in [2.05, 4.69) is 4.90 Å². The van der Waals surface area contributed by atoms with Gasteiger partial charge in [-0.25, -0.2) is 4.79 Å². The Labute approximate surface area is 152 Å². The van der Waals surface area contributed by atoms with Crippen molar-refractivity contribution in [1.29, 1.82) is 0 Å². The first-order valence-electron chi connectivity index (χ1n) is 9.72. The molecule has 0 aromatic rings. The number of amides is 1. The number of hydrogen-bond donors (Lipinski definition) is 2. The largest absolute Gasteiger partial charge is 0.444 e. The third-order valence-electron chi connectivity index (χ3n) is 5.78. The molecule has 0 radical (unpaired) electrons. The van der Waals surface area contributed by atoms with Crippen LogP contribution in [-0.2, 0) is 4.74 Å². The summed E-state index contributed by atoms with van der Waals surface area (Å²) in [6.07, 6.45) is 5.66. The molecule has 2 saturated heterocycles. The third-order valence-corrected chi connectivity index (χ3v) is 5.78. The standard InChI is InChI=1S/C19H36N2O4/c1-18(2,3)25-17(24)21-12-8-19(9-13-21)6-10-20(11-7-19)16(4-14-22)5-15-23/h16,22-23H,4-15H2,1-3H3. The first kappa shape index (κ1) is 20.5. The van der Waals surface area contributed by atoms with Gasteiger partial charge in [0.05, 0.1) is 0 Å². The number of carbonyl (C=O) groups excluding carboxylic acids is 1. The first-order valence-corrected chi connectivity index (χ1v) is 9.72. The molecule has 2 heterocycles. The average molecular weight is 357 g/mol. The highest BCUT2D eigenvalue weighted by Crippen LogP contribution is 2.42. The smallest absolute Gasteiger partial charge is 0.410 e. The lowest BCUT2D eigenvalue weighted by Gasteiger charge is -2.48. The van der Waals surface area contributed by atoms with Gasteiger partial charge in [-0.15, -0.1) is 0 Å². The fourth-order valence-electron chi connectivity index (χ4n) is 4.16. The van der Waals surface area contributed by atoms with Gasteiger partial charge in [0.25, 0.3) is 0 Å². The quantitative estimate of drug-likeness (QED) is 0.790. The van der Waals surface area contributed by atoms with Gasteiger partial charge in [0.2, 0.25) is 0 Å². The summed E-state index contributed by atoms with van der Waals surface area (Å²) in [6, 6.07) is 0.286. The minimum atomic E-state index is -0.439. The number of nitrogens with zero attached hydrogens (tertiary/aromatic N) is 2. The maximum atomic E-state index is 12.2. The monoisotopic (exact) mass is 356 g/mol. The molecule has 0 unspecified atom stereocenters. The second-order valence-electron chi connectivity index (χ2n) is 8.68. The van der Waals surface area contributed by atoms with Crippen molar-refractivity contribution < 1.29 is 19.7 Å². The normalized spacial score (nSPS) is 21.8. The molecule has 2 N–H and O–H groups in total. The molecule has 0 atom stereocenters. The number of aliphatic hydroxyl groups excluding tert-OH is 2. The zero-order valence-electron chi connectivity index (χ0n) is 16.2. The molecule has 0 aromatic heterocycles. The average Bonchev–Trinajstić information content (AvgIpc) is 2.54. The summed E-state index contributed by atoms with van der Waals surface area (Å²) >= 11 is 0. The second kappa shape index (κ2) is 8.69. The fourth-order valence-corrected chi connectivity index (χ4v) is 4.16. The van der Waals surface area contributed by atoms with Gasteiger partial charge < -0.3 is 24.7 Å². The van der Waals surface area contributed by atoms with E-state index >= 15 is 0 Å². The predicted octanol–water partition coefficient (Wildman–Crippen LogP) is 2.23. The second-order valence-corrected chi connectivity index (χ2v) is 8.68. The maximum absolute atomic E-state index is 12.2. The zero-order valence-corrected chi connectivity index (χ0v) is 16.2. The number of hydrogen-bond acceptors (Lipinski definition) is 5. The van der Waals surface area contributed by atoms with E-state index in [1.54, 1.807) is 0 Å². The minimum absolute atomic E-state index is 0.178. The highest BCUT2D eigenvalue weighted by atomic mass is 16.6. The number of likely N-dealkylation sites (tertiary alicyclic amines) is 2. The highest BCUT2D eigenvalue weighted by molar-refractivity contribution is 5.68. The van der Waals surface area contributed by atoms with Crippen molar-refractivity contribution in [2.24, 2.45) is 5.41 Å². The Morgan fingerprint density at radius 1 is 1.00 bits per heavy atom. The van der Waals surface area contributed by atoms with E-state index in [-0.39, 0.29) is 25.3 Å². The Morgan fingerprint density at radius 2 is 1.48 bits per heavy atom. The molecule has 1 amide bonds. The van der Waals surface area contributed by atoms with Crippen LogP contribution in [0.5, 0.6) is 0 Å². The first-order chi connectivity index (χ1) is 11.8. The molecule has 2 aliphatic heterocycles. The molecule has 2 rings (SSSR count). The van der Waals surface area contributed by atoms with E-state index in [0.717, 1.165) is 64.7 Å². The number of aliphatic hydroxyl groups is 2. The molecular formula is C19H36N2O4. The van der Waals surface area contributed by atoms with Crippen LogP contribution in [0.15, 0.2) is 0 Å². The molecule has 0 bridgehead atoms. The van der Waals surface area contributed by atoms with Crippen molar-refractivity contribution in [3.05, 3.63) is 0 Å². The maximum Gasteiger partial charge on any atom is 0.410 e. The molecule has 1 spiro atoms. The summed E-state index contributed by atoms with van der Waals surface area (Å²) in [5.41, 5.74) is -0.0933. The van der Waals surface area contributed by atoms with Crippen LogP contribution < -0.4 is 0 Å². The van der Waals surface area contributed by atoms with Gasteiger partial charge in [0.15, 0.2) is 0 Å². The lowest BCUT2D eigenvalue weighted by molar-refractivity contribution is -0.00966. The van der Waals surface area contributed by atoms with Crippen molar-refractivity contribution >= 4 is 6.09 Å². The van der Waals surface area contributed by atoms with Crippen LogP contribution in [0.3, 0.4) is 0 Å². The van der Waals surface area contributed by atoms with E-state index < -0.39 is 5.60 Å². The van der Waals surface area contributed by atoms with Crippen LogP contribution in [0.25, 0.3) is 0 Å². The van der Waals surface area contributed by atoms with Crippen LogP contribution in [-0.4, -0.2) is 77.1 Å². The Morgan fingerprint density at radius 3 is 1.92 bits per heavy atom. The van der Waals surface area contributed by atoms with Gasteiger partial charge in [-0.2, -0.15) is 0 Å². The summed E-state index contributed by atoms with van der Waals surface area (Å²) in [7, 11) is 0. The number of ether oxygens (including phenoxy) is 1. The van der Waals surface area contributed by atoms with Crippen molar-refractivity contribution in [3.8, 4) is 0 Å². The van der Waals surface area contributed by atoms with E-state index in [1.165, 1.54) is 0 Å². The molecule has 2 aliphatic rings. The van der Waals surface area contributed by atoms with Crippen LogP contribution in [0.2, 0.25) is 0 Å². The number of rotatable bonds is 5. The molecular weight excluding hydrogens is 320 g/mol. The van der Waals surface area contributed by atoms with Gasteiger partial charge in [-0.3, -0.25) is 0 Å². The van der Waals surface area contributed by atoms with E-state index in [0.29, 0.717) is 5.41 Å². The third kappa shape index (κ3) is 5.83. The minimum Gasteiger partial charge on any atom is -0.444 e. The molecule has 6 heteroatoms. The summed E-state index contributed by atoms with van der Waals surface area (Å²) in [5, 5.41) is 18.5. The lowest BCUT2D eigenvalue weighted by Crippen LogP contribution is -2.51. The van der Waals surface area contributed by atoms with Gasteiger partial charge in [-0.05, 0) is 77.8 Å². The molecule has 6 nitrogen and oxygen atoms in total. The van der Waals surface area contributed by atoms with E-state index in [4.69, 9.17) is 4.74 Å². The summed E-state index contributed by atoms with van der Waals surface area (Å²) < 4.78 is 5.49. The van der Waals surface area contributed by atoms with Crippen LogP contribution in [0.1, 0.15) is 59.3 Å². The Balaban J connectivity index is 1.82. The van der Waals surface area contributed by atoms with Gasteiger partial charge >= 0.3 is 6.09 Å². The molecule has 0 saturated carbocycles. The number of carbonyl (C=O) groups is 1. The van der Waals surface area contributed by atoms with Crippen LogP contribution >= 0.6 is 0 Å². The van der Waals surface area contributed by atoms with E-state index in [9.17, 15) is 15.0 Å². The van der Waals surface area contributed by atoms with Crippen molar-refractivity contribution in [2.45, 2.75) is 70.9 Å². The van der Waals surface area contributed by atoms with Gasteiger partial charge in [0.1, 0.15) is 5.60 Å². The summed E-state index contributed by atoms with van der Waals surface area (Å²) in [4.78, 5) is 16.5. The zero-order chi connectivity index (χ0) is 18.5. The van der Waals surface area contributed by atoms with Crippen LogP contribution in [0.4, 0.5) is 4.79 Å². The van der Waals surface area contributed by atoms with Crippen molar-refractivity contribution in [2.75, 3.05) is 39.4 Å². The summed E-state index contributed by atoms with van der Waals surface area (Å²) in [6.45, 7) is 9.68. The molecule has 0 aromatic carbocycles. The van der Waals surface area contributed by atoms with Crippen molar-refractivity contribution in [3.63, 3.8) is 0 Å². The van der Waals surface area contributed by atoms with Gasteiger partial charge in [0, 0.05) is 32.3 Å². The topological polar surface area (TPSA) is 73.2 Å². The predicted molar refractivity (Wildman–Crippen MR) is 97.5 cm³/mol. The fraction of sp³-hybridized carbons (Fsp3) is 0.947. The summed E-state index contributed by atoms with van der Waals surface area (Å²) in [5.74, 6) is 0. The molecule has 2 fully saturated rings. The molecule has 146 valence electrons. The molecule has 0 aliphatic carbocycles. The van der Waals surface area contributed by atoms with E-state index in [1.807, 2.05) is 25.7 Å². The van der Waals surface area contributed by atoms with Crippen molar-refractivity contribution in [1.82, 2.24) is 9.80 Å². The Hall–Kier alpha value is -0.850. The number of piperidine rings is 2. The van der Waals surface area contributed by atoms with Crippen LogP contribution in [0, 0.1) is 5.41 Å².